The number of rotatable bonds is 6. The molecule has 2 rings (SSSR count). The number of thioether (sulfide) groups is 1. The maximum atomic E-state index is 12.2. The minimum absolute atomic E-state index is 0.0921. The van der Waals surface area contributed by atoms with Crippen LogP contribution >= 0.6 is 11.8 Å². The van der Waals surface area contributed by atoms with Crippen molar-refractivity contribution in [3.8, 4) is 11.5 Å². The summed E-state index contributed by atoms with van der Waals surface area (Å²) in [6.07, 6.45) is 0.674. The number of anilines is 1. The van der Waals surface area contributed by atoms with E-state index in [-0.39, 0.29) is 23.5 Å². The van der Waals surface area contributed by atoms with Crippen molar-refractivity contribution < 1.29 is 19.1 Å². The molecule has 0 bridgehead atoms. The van der Waals surface area contributed by atoms with Crippen LogP contribution in [0, 0.1) is 5.92 Å². The van der Waals surface area contributed by atoms with Crippen molar-refractivity contribution in [3.63, 3.8) is 0 Å². The standard InChI is InChI=1S/C17H21N3O4S/c1-5-12-10(2)18-17(20-16(12)22)25-9-15(21)19-13-7-6-11(23-3)8-14(13)24-4/h6-8,12H,5,9H2,1-4H3,(H,19,21). The lowest BCUT2D eigenvalue weighted by Gasteiger charge is -2.16. The molecule has 25 heavy (non-hydrogen) atoms. The smallest absolute Gasteiger partial charge is 0.256 e. The predicted octanol–water partition coefficient (Wildman–Crippen LogP) is 2.76. The van der Waals surface area contributed by atoms with Crippen LogP contribution in [0.3, 0.4) is 0 Å². The molecule has 0 saturated carbocycles. The van der Waals surface area contributed by atoms with Crippen molar-refractivity contribution >= 4 is 40.1 Å². The summed E-state index contributed by atoms with van der Waals surface area (Å²) in [7, 11) is 3.07. The number of methoxy groups -OCH3 is 2. The number of nitrogens with one attached hydrogen (secondary N) is 1. The van der Waals surface area contributed by atoms with E-state index in [1.807, 2.05) is 13.8 Å². The zero-order valence-electron chi connectivity index (χ0n) is 14.7. The van der Waals surface area contributed by atoms with Crippen LogP contribution in [-0.2, 0) is 9.59 Å². The summed E-state index contributed by atoms with van der Waals surface area (Å²) in [5.74, 6) is 0.539. The summed E-state index contributed by atoms with van der Waals surface area (Å²) in [6.45, 7) is 3.73. The van der Waals surface area contributed by atoms with Gasteiger partial charge in [0.2, 0.25) is 5.91 Å². The van der Waals surface area contributed by atoms with Crippen LogP contribution in [0.1, 0.15) is 20.3 Å². The summed E-state index contributed by atoms with van der Waals surface area (Å²) in [6, 6.07) is 5.12. The van der Waals surface area contributed by atoms with Crippen LogP contribution in [0.2, 0.25) is 0 Å². The van der Waals surface area contributed by atoms with Crippen molar-refractivity contribution in [1.29, 1.82) is 0 Å². The van der Waals surface area contributed by atoms with E-state index < -0.39 is 0 Å². The van der Waals surface area contributed by atoms with E-state index in [2.05, 4.69) is 15.3 Å². The normalized spacial score (nSPS) is 16.8. The Labute approximate surface area is 150 Å². The average molecular weight is 363 g/mol. The van der Waals surface area contributed by atoms with Crippen molar-refractivity contribution in [2.75, 3.05) is 25.3 Å². The first-order chi connectivity index (χ1) is 12.0. The van der Waals surface area contributed by atoms with Gasteiger partial charge in [-0.25, -0.2) is 4.99 Å². The van der Waals surface area contributed by atoms with E-state index in [9.17, 15) is 9.59 Å². The number of nitrogens with zero attached hydrogens (tertiary/aromatic N) is 2. The van der Waals surface area contributed by atoms with Gasteiger partial charge in [0.25, 0.3) is 5.91 Å². The van der Waals surface area contributed by atoms with Gasteiger partial charge in [0.1, 0.15) is 11.5 Å². The molecule has 8 heteroatoms. The van der Waals surface area contributed by atoms with Gasteiger partial charge in [-0.15, -0.1) is 0 Å². The van der Waals surface area contributed by atoms with Gasteiger partial charge in [-0.3, -0.25) is 9.59 Å². The summed E-state index contributed by atoms with van der Waals surface area (Å²) < 4.78 is 10.4. The molecule has 1 atom stereocenters. The summed E-state index contributed by atoms with van der Waals surface area (Å²) >= 11 is 1.13. The quantitative estimate of drug-likeness (QED) is 0.839. The van der Waals surface area contributed by atoms with Crippen molar-refractivity contribution in [2.24, 2.45) is 15.9 Å². The third-order valence-electron chi connectivity index (χ3n) is 3.70. The molecular weight excluding hydrogens is 342 g/mol. The van der Waals surface area contributed by atoms with Gasteiger partial charge in [0, 0.05) is 11.8 Å². The Kier molecular flexibility index (Phi) is 6.58. The molecule has 0 aromatic heterocycles. The minimum Gasteiger partial charge on any atom is -0.497 e. The SMILES string of the molecule is CCC1C(=O)N=C(SCC(=O)Nc2ccc(OC)cc2OC)N=C1C. The van der Waals surface area contributed by atoms with Gasteiger partial charge in [0.15, 0.2) is 5.17 Å². The number of carbonyl (C=O) groups excluding carboxylic acids is 2. The topological polar surface area (TPSA) is 89.4 Å². The number of aliphatic imine (C=N–C) groups is 2. The predicted molar refractivity (Wildman–Crippen MR) is 100.0 cm³/mol. The van der Waals surface area contributed by atoms with E-state index in [4.69, 9.17) is 9.47 Å². The van der Waals surface area contributed by atoms with Crippen molar-refractivity contribution in [1.82, 2.24) is 0 Å². The third kappa shape index (κ3) is 4.82. The van der Waals surface area contributed by atoms with Gasteiger partial charge < -0.3 is 14.8 Å². The molecule has 2 amide bonds. The second-order valence-electron chi connectivity index (χ2n) is 5.35. The highest BCUT2D eigenvalue weighted by molar-refractivity contribution is 8.14. The van der Waals surface area contributed by atoms with Gasteiger partial charge in [-0.2, -0.15) is 4.99 Å². The molecule has 0 saturated heterocycles. The number of amidine groups is 1. The van der Waals surface area contributed by atoms with Gasteiger partial charge in [-0.1, -0.05) is 18.7 Å². The molecule has 1 aromatic rings. The first-order valence-electron chi connectivity index (χ1n) is 7.80. The highest BCUT2D eigenvalue weighted by Crippen LogP contribution is 2.29. The Morgan fingerprint density at radius 2 is 2.04 bits per heavy atom. The van der Waals surface area contributed by atoms with E-state index in [0.29, 0.717) is 28.8 Å². The monoisotopic (exact) mass is 363 g/mol. The zero-order valence-corrected chi connectivity index (χ0v) is 15.5. The first kappa shape index (κ1) is 19.0. The molecule has 0 spiro atoms. The molecule has 134 valence electrons. The Balaban J connectivity index is 1.97. The molecule has 1 aliphatic rings. The highest BCUT2D eigenvalue weighted by atomic mass is 32.2. The zero-order chi connectivity index (χ0) is 18.4. The fourth-order valence-electron chi connectivity index (χ4n) is 2.36. The number of hydrogen-bond donors (Lipinski definition) is 1. The molecule has 1 aromatic carbocycles. The number of hydrogen-bond acceptors (Lipinski definition) is 6. The molecule has 1 N–H and O–H groups in total. The summed E-state index contributed by atoms with van der Waals surface area (Å²) in [5.41, 5.74) is 1.28. The van der Waals surface area contributed by atoms with Crippen LogP contribution in [0.15, 0.2) is 28.2 Å². The molecule has 0 aliphatic carbocycles. The molecule has 1 unspecified atom stereocenters. The van der Waals surface area contributed by atoms with Gasteiger partial charge >= 0.3 is 0 Å². The number of benzene rings is 1. The molecule has 1 aliphatic heterocycles. The summed E-state index contributed by atoms with van der Waals surface area (Å²) in [5, 5.41) is 3.09. The molecule has 0 radical (unpaired) electrons. The lowest BCUT2D eigenvalue weighted by atomic mass is 10.0. The van der Waals surface area contributed by atoms with Crippen LogP contribution in [0.4, 0.5) is 5.69 Å². The van der Waals surface area contributed by atoms with Crippen LogP contribution in [-0.4, -0.2) is 42.7 Å². The van der Waals surface area contributed by atoms with Crippen LogP contribution in [0.25, 0.3) is 0 Å². The van der Waals surface area contributed by atoms with Crippen LogP contribution in [0.5, 0.6) is 11.5 Å². The number of ether oxygens (including phenoxy) is 2. The van der Waals surface area contributed by atoms with Gasteiger partial charge in [-0.05, 0) is 25.5 Å². The lowest BCUT2D eigenvalue weighted by molar-refractivity contribution is -0.119. The maximum absolute atomic E-state index is 12.2. The first-order valence-corrected chi connectivity index (χ1v) is 8.79. The third-order valence-corrected chi connectivity index (χ3v) is 4.55. The second-order valence-corrected chi connectivity index (χ2v) is 6.29. The van der Waals surface area contributed by atoms with E-state index in [1.54, 1.807) is 25.3 Å². The largest absolute Gasteiger partial charge is 0.497 e. The average Bonchev–Trinajstić information content (AvgIpc) is 2.60. The summed E-state index contributed by atoms with van der Waals surface area (Å²) in [4.78, 5) is 32.3. The number of carbonyl (C=O) groups is 2. The molecule has 7 nitrogen and oxygen atoms in total. The van der Waals surface area contributed by atoms with Gasteiger partial charge in [0.05, 0.1) is 31.6 Å². The Morgan fingerprint density at radius 3 is 2.64 bits per heavy atom. The lowest BCUT2D eigenvalue weighted by Crippen LogP contribution is -2.25. The van der Waals surface area contributed by atoms with Crippen molar-refractivity contribution in [3.05, 3.63) is 18.2 Å². The van der Waals surface area contributed by atoms with E-state index in [0.717, 1.165) is 17.5 Å². The minimum atomic E-state index is -0.248. The Bertz CT molecular complexity index is 731. The van der Waals surface area contributed by atoms with E-state index >= 15 is 0 Å². The van der Waals surface area contributed by atoms with Crippen molar-refractivity contribution in [2.45, 2.75) is 20.3 Å². The second kappa shape index (κ2) is 8.66. The van der Waals surface area contributed by atoms with E-state index in [1.165, 1.54) is 7.11 Å². The fourth-order valence-corrected chi connectivity index (χ4v) is 3.05. The fraction of sp³-hybridized carbons (Fsp3) is 0.412. The molecule has 0 fully saturated rings. The Morgan fingerprint density at radius 1 is 1.28 bits per heavy atom. The van der Waals surface area contributed by atoms with Crippen LogP contribution < -0.4 is 14.8 Å². The maximum Gasteiger partial charge on any atom is 0.256 e. The highest BCUT2D eigenvalue weighted by Gasteiger charge is 2.24. The molecule has 1 heterocycles. The Hall–Kier alpha value is -2.35. The molecular formula is C17H21N3O4S. The number of amides is 2.